The monoisotopic (exact) mass is 267 g/mol. The highest BCUT2D eigenvalue weighted by atomic mass is 35.5. The van der Waals surface area contributed by atoms with E-state index in [2.05, 4.69) is 18.3 Å². The Morgan fingerprint density at radius 2 is 2.17 bits per heavy atom. The van der Waals surface area contributed by atoms with Gasteiger partial charge < -0.3 is 10.1 Å². The van der Waals surface area contributed by atoms with Gasteiger partial charge in [-0.15, -0.1) is 0 Å². The molecule has 0 bridgehead atoms. The first-order chi connectivity index (χ1) is 8.70. The van der Waals surface area contributed by atoms with E-state index in [4.69, 9.17) is 16.3 Å². The van der Waals surface area contributed by atoms with E-state index in [0.29, 0.717) is 0 Å². The Morgan fingerprint density at radius 3 is 2.78 bits per heavy atom. The maximum atomic E-state index is 6.31. The molecule has 0 aromatic heterocycles. The molecule has 0 unspecified atom stereocenters. The van der Waals surface area contributed by atoms with E-state index in [9.17, 15) is 0 Å². The van der Waals surface area contributed by atoms with Crippen molar-refractivity contribution in [3.63, 3.8) is 0 Å². The van der Waals surface area contributed by atoms with Crippen molar-refractivity contribution >= 4 is 11.6 Å². The fourth-order valence-corrected chi connectivity index (χ4v) is 2.62. The summed E-state index contributed by atoms with van der Waals surface area (Å²) in [5.41, 5.74) is 2.41. The normalized spacial score (nSPS) is 15.5. The van der Waals surface area contributed by atoms with E-state index in [-0.39, 0.29) is 0 Å². The van der Waals surface area contributed by atoms with Gasteiger partial charge in [0.25, 0.3) is 0 Å². The summed E-state index contributed by atoms with van der Waals surface area (Å²) in [7, 11) is 1.96. The molecular formula is C15H22ClNO. The Balaban J connectivity index is 2.08. The average molecular weight is 268 g/mol. The summed E-state index contributed by atoms with van der Waals surface area (Å²) < 4.78 is 5.96. The molecule has 1 N–H and O–H groups in total. The van der Waals surface area contributed by atoms with E-state index in [0.717, 1.165) is 36.3 Å². The Bertz CT molecular complexity index is 402. The predicted octanol–water partition coefficient (Wildman–Crippen LogP) is 3.59. The van der Waals surface area contributed by atoms with Gasteiger partial charge in [-0.2, -0.15) is 0 Å². The molecule has 2 rings (SSSR count). The maximum Gasteiger partial charge on any atom is 0.141 e. The second-order valence-electron chi connectivity index (χ2n) is 5.20. The Hall–Kier alpha value is -0.730. The smallest absolute Gasteiger partial charge is 0.141 e. The van der Waals surface area contributed by atoms with Gasteiger partial charge in [0.05, 0.1) is 11.6 Å². The molecule has 0 spiro atoms. The van der Waals surface area contributed by atoms with Crippen molar-refractivity contribution in [2.75, 3.05) is 20.2 Å². The highest BCUT2D eigenvalue weighted by molar-refractivity contribution is 6.32. The summed E-state index contributed by atoms with van der Waals surface area (Å²) in [4.78, 5) is 0. The Morgan fingerprint density at radius 1 is 1.39 bits per heavy atom. The molecule has 1 aliphatic carbocycles. The van der Waals surface area contributed by atoms with E-state index in [1.54, 1.807) is 0 Å². The van der Waals surface area contributed by atoms with Gasteiger partial charge in [-0.1, -0.05) is 24.1 Å². The first-order valence-corrected chi connectivity index (χ1v) is 7.15. The van der Waals surface area contributed by atoms with Crippen LogP contribution in [0.4, 0.5) is 0 Å². The van der Waals surface area contributed by atoms with Crippen LogP contribution in [0.5, 0.6) is 5.75 Å². The van der Waals surface area contributed by atoms with Crippen molar-refractivity contribution in [1.82, 2.24) is 5.32 Å². The molecule has 0 aliphatic heterocycles. The third-order valence-corrected chi connectivity index (χ3v) is 3.88. The number of benzene rings is 1. The van der Waals surface area contributed by atoms with Crippen LogP contribution in [0.3, 0.4) is 0 Å². The number of aryl methyl sites for hydroxylation is 1. The maximum absolute atomic E-state index is 6.31. The summed E-state index contributed by atoms with van der Waals surface area (Å²) in [6, 6.07) is 4.17. The summed E-state index contributed by atoms with van der Waals surface area (Å²) >= 11 is 6.31. The lowest BCUT2D eigenvalue weighted by molar-refractivity contribution is 0.179. The van der Waals surface area contributed by atoms with Crippen LogP contribution in [0.2, 0.25) is 5.02 Å². The average Bonchev–Trinajstić information content (AvgIpc) is 2.26. The molecule has 1 aromatic rings. The second kappa shape index (κ2) is 6.44. The van der Waals surface area contributed by atoms with Crippen LogP contribution < -0.4 is 10.1 Å². The zero-order valence-electron chi connectivity index (χ0n) is 11.3. The molecule has 0 radical (unpaired) electrons. The lowest BCUT2D eigenvalue weighted by Crippen LogP contribution is -2.20. The van der Waals surface area contributed by atoms with Gasteiger partial charge in [-0.3, -0.25) is 0 Å². The zero-order valence-corrected chi connectivity index (χ0v) is 12.0. The van der Waals surface area contributed by atoms with Crippen molar-refractivity contribution in [3.8, 4) is 5.75 Å². The third kappa shape index (κ3) is 3.39. The number of likely N-dealkylation sites (N-methyl/N-ethyl adjacent to an activating group) is 1. The number of halogens is 1. The first-order valence-electron chi connectivity index (χ1n) is 6.77. The SMILES string of the molecule is CNCCc1cc(C)cc(Cl)c1OCC1CCC1. The van der Waals surface area contributed by atoms with Gasteiger partial charge in [0.1, 0.15) is 5.75 Å². The number of ether oxygens (including phenoxy) is 1. The van der Waals surface area contributed by atoms with Crippen molar-refractivity contribution in [2.45, 2.75) is 32.6 Å². The molecule has 1 saturated carbocycles. The van der Waals surface area contributed by atoms with Gasteiger partial charge in [0.2, 0.25) is 0 Å². The minimum Gasteiger partial charge on any atom is -0.491 e. The van der Waals surface area contributed by atoms with Gasteiger partial charge >= 0.3 is 0 Å². The molecule has 0 saturated heterocycles. The molecule has 2 nitrogen and oxygen atoms in total. The minimum atomic E-state index is 0.736. The van der Waals surface area contributed by atoms with E-state index in [1.165, 1.54) is 30.4 Å². The first kappa shape index (κ1) is 13.7. The Kier molecular flexibility index (Phi) is 4.90. The largest absolute Gasteiger partial charge is 0.491 e. The molecule has 0 heterocycles. The molecule has 0 amide bonds. The highest BCUT2D eigenvalue weighted by Crippen LogP contribution is 2.33. The highest BCUT2D eigenvalue weighted by Gasteiger charge is 2.19. The molecule has 1 fully saturated rings. The molecule has 3 heteroatoms. The van der Waals surface area contributed by atoms with Gasteiger partial charge in [0, 0.05) is 0 Å². The van der Waals surface area contributed by atoms with Crippen molar-refractivity contribution in [1.29, 1.82) is 0 Å². The van der Waals surface area contributed by atoms with Crippen LogP contribution in [0.15, 0.2) is 12.1 Å². The summed E-state index contributed by atoms with van der Waals surface area (Å²) in [6.45, 7) is 3.83. The van der Waals surface area contributed by atoms with Crippen molar-refractivity contribution < 1.29 is 4.74 Å². The molecular weight excluding hydrogens is 246 g/mol. The van der Waals surface area contributed by atoms with Crippen LogP contribution in [0.25, 0.3) is 0 Å². The molecule has 100 valence electrons. The molecule has 1 aliphatic rings. The van der Waals surface area contributed by atoms with Crippen LogP contribution >= 0.6 is 11.6 Å². The van der Waals surface area contributed by atoms with E-state index < -0.39 is 0 Å². The fourth-order valence-electron chi connectivity index (χ4n) is 2.27. The molecule has 0 atom stereocenters. The number of rotatable bonds is 6. The third-order valence-electron chi connectivity index (χ3n) is 3.60. The summed E-state index contributed by atoms with van der Waals surface area (Å²) in [5.74, 6) is 1.63. The minimum absolute atomic E-state index is 0.736. The predicted molar refractivity (Wildman–Crippen MR) is 76.7 cm³/mol. The summed E-state index contributed by atoms with van der Waals surface area (Å²) in [5, 5.41) is 3.92. The van der Waals surface area contributed by atoms with E-state index >= 15 is 0 Å². The fraction of sp³-hybridized carbons (Fsp3) is 0.600. The molecule has 1 aromatic carbocycles. The van der Waals surface area contributed by atoms with Crippen LogP contribution in [0.1, 0.15) is 30.4 Å². The van der Waals surface area contributed by atoms with Crippen LogP contribution in [0, 0.1) is 12.8 Å². The van der Waals surface area contributed by atoms with Gasteiger partial charge in [0.15, 0.2) is 0 Å². The Labute approximate surface area is 115 Å². The van der Waals surface area contributed by atoms with Gasteiger partial charge in [-0.25, -0.2) is 0 Å². The van der Waals surface area contributed by atoms with Gasteiger partial charge in [-0.05, 0) is 62.9 Å². The quantitative estimate of drug-likeness (QED) is 0.851. The zero-order chi connectivity index (χ0) is 13.0. The lowest BCUT2D eigenvalue weighted by atomic mass is 9.86. The van der Waals surface area contributed by atoms with Crippen molar-refractivity contribution in [3.05, 3.63) is 28.3 Å². The van der Waals surface area contributed by atoms with E-state index in [1.807, 2.05) is 13.1 Å². The lowest BCUT2D eigenvalue weighted by Gasteiger charge is -2.26. The van der Waals surface area contributed by atoms with Crippen molar-refractivity contribution in [2.24, 2.45) is 5.92 Å². The summed E-state index contributed by atoms with van der Waals surface area (Å²) in [6.07, 6.45) is 4.91. The standard InChI is InChI=1S/C15H22ClNO/c1-11-8-13(6-7-17-2)15(14(16)9-11)18-10-12-4-3-5-12/h8-9,12,17H,3-7,10H2,1-2H3. The number of hydrogen-bond acceptors (Lipinski definition) is 2. The second-order valence-corrected chi connectivity index (χ2v) is 5.60. The molecule has 18 heavy (non-hydrogen) atoms. The van der Waals surface area contributed by atoms with Crippen LogP contribution in [-0.4, -0.2) is 20.2 Å². The topological polar surface area (TPSA) is 21.3 Å². The van der Waals surface area contributed by atoms with Crippen LogP contribution in [-0.2, 0) is 6.42 Å². The number of hydrogen-bond donors (Lipinski definition) is 1. The number of nitrogens with one attached hydrogen (secondary N) is 1.